The predicted molar refractivity (Wildman–Crippen MR) is 126 cm³/mol. The second-order valence-corrected chi connectivity index (χ2v) is 9.13. The van der Waals surface area contributed by atoms with Crippen LogP contribution in [0.2, 0.25) is 0 Å². The second-order valence-electron chi connectivity index (χ2n) is 9.13. The van der Waals surface area contributed by atoms with Gasteiger partial charge in [0.2, 0.25) is 5.82 Å². The Morgan fingerprint density at radius 2 is 1.48 bits per heavy atom. The lowest BCUT2D eigenvalue weighted by Gasteiger charge is -2.29. The molecule has 0 atom stereocenters. The van der Waals surface area contributed by atoms with Gasteiger partial charge < -0.3 is 4.74 Å². The van der Waals surface area contributed by atoms with Gasteiger partial charge in [0, 0.05) is 5.56 Å². The first kappa shape index (κ1) is 23.8. The summed E-state index contributed by atoms with van der Waals surface area (Å²) in [5.41, 5.74) is 2.33. The van der Waals surface area contributed by atoms with Gasteiger partial charge in [-0.1, -0.05) is 76.6 Å². The molecule has 0 radical (unpaired) electrons. The molecule has 1 fully saturated rings. The van der Waals surface area contributed by atoms with E-state index in [4.69, 9.17) is 4.74 Å². The van der Waals surface area contributed by atoms with Crippen molar-refractivity contribution in [1.29, 1.82) is 0 Å². The van der Waals surface area contributed by atoms with Crippen molar-refractivity contribution in [3.8, 4) is 16.9 Å². The molecule has 0 N–H and O–H groups in total. The summed E-state index contributed by atoms with van der Waals surface area (Å²) in [5.74, 6) is -0.239. The molecule has 0 unspecified atom stereocenters. The first-order valence-corrected chi connectivity index (χ1v) is 12.3. The highest BCUT2D eigenvalue weighted by Crippen LogP contribution is 2.38. The zero-order valence-corrected chi connectivity index (χ0v) is 19.3. The molecule has 0 bridgehead atoms. The number of rotatable bonds is 11. The van der Waals surface area contributed by atoms with Gasteiger partial charge in [-0.25, -0.2) is 4.39 Å². The fourth-order valence-electron chi connectivity index (χ4n) is 4.77. The van der Waals surface area contributed by atoms with Crippen molar-refractivity contribution in [2.24, 2.45) is 5.92 Å². The molecule has 1 saturated carbocycles. The van der Waals surface area contributed by atoms with Gasteiger partial charge in [0.1, 0.15) is 0 Å². The summed E-state index contributed by atoms with van der Waals surface area (Å²) in [6.45, 7) is 4.70. The predicted octanol–water partition coefficient (Wildman–Crippen LogP) is 9.05. The molecule has 0 heterocycles. The molecule has 0 aliphatic heterocycles. The number of benzene rings is 2. The summed E-state index contributed by atoms with van der Waals surface area (Å²) in [6, 6.07) is 11.2. The van der Waals surface area contributed by atoms with E-state index in [1.54, 1.807) is 12.1 Å². The highest BCUT2D eigenvalue weighted by atomic mass is 19.2. The zero-order valence-electron chi connectivity index (χ0n) is 19.3. The largest absolute Gasteiger partial charge is 0.490 e. The molecule has 170 valence electrons. The summed E-state index contributed by atoms with van der Waals surface area (Å²) in [6.07, 6.45) is 13.7. The fraction of sp³-hybridized carbons (Fsp3) is 0.571. The average Bonchev–Trinajstić information content (AvgIpc) is 2.80. The Morgan fingerprint density at radius 1 is 0.774 bits per heavy atom. The second kappa shape index (κ2) is 12.2. The third-order valence-corrected chi connectivity index (χ3v) is 6.81. The SMILES string of the molecule is CCCCCCC1CCC(c2ccc(-c3ccc(OCCCC)c(F)c3F)cc2)CC1. The summed E-state index contributed by atoms with van der Waals surface area (Å²) in [4.78, 5) is 0. The summed E-state index contributed by atoms with van der Waals surface area (Å²) >= 11 is 0. The Kier molecular flexibility index (Phi) is 9.36. The normalized spacial score (nSPS) is 18.8. The molecule has 0 aromatic heterocycles. The minimum absolute atomic E-state index is 0.00206. The Morgan fingerprint density at radius 3 is 2.16 bits per heavy atom. The molecule has 0 spiro atoms. The van der Waals surface area contributed by atoms with Gasteiger partial charge >= 0.3 is 0 Å². The summed E-state index contributed by atoms with van der Waals surface area (Å²) in [5, 5.41) is 0. The van der Waals surface area contributed by atoms with Crippen LogP contribution < -0.4 is 4.74 Å². The van der Waals surface area contributed by atoms with E-state index in [1.807, 2.05) is 19.1 Å². The van der Waals surface area contributed by atoms with Crippen molar-refractivity contribution in [2.75, 3.05) is 6.61 Å². The number of halogens is 2. The Bertz CT molecular complexity index is 791. The van der Waals surface area contributed by atoms with Crippen LogP contribution in [0.4, 0.5) is 8.78 Å². The first-order chi connectivity index (χ1) is 15.1. The van der Waals surface area contributed by atoms with Crippen LogP contribution in [0.3, 0.4) is 0 Å². The quantitative estimate of drug-likeness (QED) is 0.324. The van der Waals surface area contributed by atoms with Gasteiger partial charge in [0.15, 0.2) is 11.6 Å². The lowest BCUT2D eigenvalue weighted by atomic mass is 9.77. The van der Waals surface area contributed by atoms with E-state index in [1.165, 1.54) is 63.4 Å². The van der Waals surface area contributed by atoms with E-state index >= 15 is 0 Å². The number of hydrogen-bond acceptors (Lipinski definition) is 1. The molecular weight excluding hydrogens is 390 g/mol. The van der Waals surface area contributed by atoms with Crippen LogP contribution in [0.15, 0.2) is 36.4 Å². The topological polar surface area (TPSA) is 9.23 Å². The van der Waals surface area contributed by atoms with Gasteiger partial charge in [0.25, 0.3) is 0 Å². The minimum Gasteiger partial charge on any atom is -0.490 e. The third kappa shape index (κ3) is 6.54. The Hall–Kier alpha value is -1.90. The summed E-state index contributed by atoms with van der Waals surface area (Å²) < 4.78 is 34.4. The van der Waals surface area contributed by atoms with Gasteiger partial charge in [-0.3, -0.25) is 0 Å². The van der Waals surface area contributed by atoms with Gasteiger partial charge in [-0.05, 0) is 67.2 Å². The molecule has 1 aliphatic carbocycles. The molecule has 3 rings (SSSR count). The maximum absolute atomic E-state index is 14.7. The van der Waals surface area contributed by atoms with Crippen LogP contribution in [-0.4, -0.2) is 6.61 Å². The molecule has 0 saturated heterocycles. The van der Waals surface area contributed by atoms with Crippen LogP contribution in [0.25, 0.3) is 11.1 Å². The molecule has 31 heavy (non-hydrogen) atoms. The van der Waals surface area contributed by atoms with E-state index in [2.05, 4.69) is 19.1 Å². The highest BCUT2D eigenvalue weighted by Gasteiger charge is 2.22. The first-order valence-electron chi connectivity index (χ1n) is 12.3. The lowest BCUT2D eigenvalue weighted by molar-refractivity contribution is 0.289. The van der Waals surface area contributed by atoms with Crippen molar-refractivity contribution >= 4 is 0 Å². The van der Waals surface area contributed by atoms with Crippen molar-refractivity contribution in [3.63, 3.8) is 0 Å². The highest BCUT2D eigenvalue weighted by molar-refractivity contribution is 5.65. The van der Waals surface area contributed by atoms with Crippen molar-refractivity contribution in [3.05, 3.63) is 53.6 Å². The molecule has 2 aromatic carbocycles. The minimum atomic E-state index is -0.894. The molecule has 2 aromatic rings. The fourth-order valence-corrected chi connectivity index (χ4v) is 4.77. The summed E-state index contributed by atoms with van der Waals surface area (Å²) in [7, 11) is 0. The molecule has 3 heteroatoms. The van der Waals surface area contributed by atoms with Crippen molar-refractivity contribution in [1.82, 2.24) is 0 Å². The van der Waals surface area contributed by atoms with Crippen LogP contribution in [0, 0.1) is 17.6 Å². The molecular formula is C28H38F2O. The molecule has 1 nitrogen and oxygen atoms in total. The van der Waals surface area contributed by atoms with Crippen LogP contribution >= 0.6 is 0 Å². The zero-order chi connectivity index (χ0) is 22.1. The average molecular weight is 429 g/mol. The van der Waals surface area contributed by atoms with Gasteiger partial charge in [-0.2, -0.15) is 4.39 Å². The van der Waals surface area contributed by atoms with Crippen molar-refractivity contribution < 1.29 is 13.5 Å². The molecule has 0 amide bonds. The number of unbranched alkanes of at least 4 members (excludes halogenated alkanes) is 4. The number of ether oxygens (including phenoxy) is 1. The van der Waals surface area contributed by atoms with E-state index < -0.39 is 11.6 Å². The lowest BCUT2D eigenvalue weighted by Crippen LogP contribution is -2.13. The van der Waals surface area contributed by atoms with Gasteiger partial charge in [0.05, 0.1) is 6.61 Å². The van der Waals surface area contributed by atoms with Crippen LogP contribution in [-0.2, 0) is 0 Å². The molecule has 1 aliphatic rings. The maximum atomic E-state index is 14.7. The van der Waals surface area contributed by atoms with Gasteiger partial charge in [-0.15, -0.1) is 0 Å². The Balaban J connectivity index is 1.58. The Labute approximate surface area is 187 Å². The monoisotopic (exact) mass is 428 g/mol. The smallest absolute Gasteiger partial charge is 0.201 e. The van der Waals surface area contributed by atoms with Crippen LogP contribution in [0.5, 0.6) is 5.75 Å². The van der Waals surface area contributed by atoms with E-state index in [0.717, 1.165) is 18.8 Å². The maximum Gasteiger partial charge on any atom is 0.201 e. The standard InChI is InChI=1S/C28H38F2O/c1-3-5-7-8-9-21-10-12-22(13-11-21)23-14-16-24(17-15-23)25-18-19-26(28(30)27(25)29)31-20-6-4-2/h14-19,21-22H,3-13,20H2,1-2H3. The third-order valence-electron chi connectivity index (χ3n) is 6.81. The van der Waals surface area contributed by atoms with E-state index in [0.29, 0.717) is 23.7 Å². The van der Waals surface area contributed by atoms with E-state index in [-0.39, 0.29) is 5.75 Å². The van der Waals surface area contributed by atoms with Crippen molar-refractivity contribution in [2.45, 2.75) is 90.4 Å². The van der Waals surface area contributed by atoms with E-state index in [9.17, 15) is 8.78 Å². The van der Waals surface area contributed by atoms with Crippen LogP contribution in [0.1, 0.15) is 96.0 Å². The number of hydrogen-bond donors (Lipinski definition) is 0.